The molecule has 1 aromatic carbocycles. The summed E-state index contributed by atoms with van der Waals surface area (Å²) in [4.78, 5) is 0. The van der Waals surface area contributed by atoms with E-state index < -0.39 is 8.03 Å². The first kappa shape index (κ1) is 12.4. The summed E-state index contributed by atoms with van der Waals surface area (Å²) in [5, 5.41) is 9.56. The number of aliphatic hydroxyl groups is 1. The van der Waals surface area contributed by atoms with Gasteiger partial charge in [0.25, 0.3) is 0 Å². The van der Waals surface area contributed by atoms with Crippen molar-refractivity contribution in [2.24, 2.45) is 0 Å². The average molecular weight is 228 g/mol. The molecular formula is C11H17O3P. The first-order valence-electron chi connectivity index (χ1n) is 5.15. The van der Waals surface area contributed by atoms with E-state index in [-0.39, 0.29) is 6.61 Å². The first-order valence-corrected chi connectivity index (χ1v) is 6.46. The molecule has 0 radical (unpaired) electrons. The SMILES string of the molecule is CCCCO[PH](=O)c1ccc(CO)cc1. The third-order valence-electron chi connectivity index (χ3n) is 2.10. The van der Waals surface area contributed by atoms with Crippen molar-refractivity contribution in [2.75, 3.05) is 6.61 Å². The van der Waals surface area contributed by atoms with E-state index in [9.17, 15) is 4.57 Å². The summed E-state index contributed by atoms with van der Waals surface area (Å²) in [7, 11) is -2.10. The van der Waals surface area contributed by atoms with E-state index in [1.807, 2.05) is 0 Å². The van der Waals surface area contributed by atoms with Crippen molar-refractivity contribution in [2.45, 2.75) is 26.4 Å². The molecule has 1 N–H and O–H groups in total. The molecule has 3 nitrogen and oxygen atoms in total. The molecule has 1 rings (SSSR count). The standard InChI is InChI=1S/C11H17O3P/c1-2-3-8-14-15(13)11-6-4-10(9-12)5-7-11/h4-7,12,15H,2-3,8-9H2,1H3. The highest BCUT2D eigenvalue weighted by molar-refractivity contribution is 7.48. The van der Waals surface area contributed by atoms with Crippen molar-refractivity contribution in [1.82, 2.24) is 0 Å². The Labute approximate surface area is 91.0 Å². The van der Waals surface area contributed by atoms with E-state index in [4.69, 9.17) is 9.63 Å². The molecule has 15 heavy (non-hydrogen) atoms. The molecule has 0 saturated carbocycles. The van der Waals surface area contributed by atoms with Crippen LogP contribution in [0.25, 0.3) is 0 Å². The molecule has 1 aromatic rings. The number of benzene rings is 1. The van der Waals surface area contributed by atoms with Gasteiger partial charge in [0.2, 0.25) is 8.03 Å². The van der Waals surface area contributed by atoms with E-state index in [1.165, 1.54) is 0 Å². The Balaban J connectivity index is 2.50. The Morgan fingerprint density at radius 2 is 2.00 bits per heavy atom. The second-order valence-electron chi connectivity index (χ2n) is 3.34. The van der Waals surface area contributed by atoms with Crippen molar-refractivity contribution in [3.05, 3.63) is 29.8 Å². The number of aliphatic hydroxyl groups excluding tert-OH is 1. The Morgan fingerprint density at radius 3 is 2.53 bits per heavy atom. The van der Waals surface area contributed by atoms with Crippen molar-refractivity contribution >= 4 is 13.3 Å². The number of hydrogen-bond donors (Lipinski definition) is 1. The van der Waals surface area contributed by atoms with Gasteiger partial charge in [-0.2, -0.15) is 0 Å². The fraction of sp³-hybridized carbons (Fsp3) is 0.455. The lowest BCUT2D eigenvalue weighted by Crippen LogP contribution is -1.99. The molecule has 0 heterocycles. The topological polar surface area (TPSA) is 46.5 Å². The Bertz CT molecular complexity index is 308. The highest BCUT2D eigenvalue weighted by Crippen LogP contribution is 2.21. The maximum absolute atomic E-state index is 11.6. The van der Waals surface area contributed by atoms with Gasteiger partial charge in [0, 0.05) is 5.30 Å². The van der Waals surface area contributed by atoms with Gasteiger partial charge in [-0.25, -0.2) is 0 Å². The molecule has 0 fully saturated rings. The Hall–Kier alpha value is -0.630. The zero-order valence-corrected chi connectivity index (χ0v) is 9.90. The van der Waals surface area contributed by atoms with Crippen LogP contribution in [0.15, 0.2) is 24.3 Å². The van der Waals surface area contributed by atoms with Crippen LogP contribution in [-0.2, 0) is 15.7 Å². The molecule has 4 heteroatoms. The van der Waals surface area contributed by atoms with Gasteiger partial charge in [0.05, 0.1) is 13.2 Å². The van der Waals surface area contributed by atoms with Crippen LogP contribution in [0.4, 0.5) is 0 Å². The lowest BCUT2D eigenvalue weighted by Gasteiger charge is -2.04. The van der Waals surface area contributed by atoms with Crippen molar-refractivity contribution in [3.8, 4) is 0 Å². The van der Waals surface area contributed by atoms with Crippen molar-refractivity contribution < 1.29 is 14.2 Å². The van der Waals surface area contributed by atoms with Gasteiger partial charge in [0.1, 0.15) is 0 Å². The lowest BCUT2D eigenvalue weighted by atomic mass is 10.2. The third kappa shape index (κ3) is 4.17. The fourth-order valence-corrected chi connectivity index (χ4v) is 2.07. The molecule has 0 aliphatic carbocycles. The number of rotatable bonds is 6. The lowest BCUT2D eigenvalue weighted by molar-refractivity contribution is 0.282. The molecule has 84 valence electrons. The Kier molecular flexibility index (Phi) is 5.62. The van der Waals surface area contributed by atoms with Crippen LogP contribution in [0.5, 0.6) is 0 Å². The maximum Gasteiger partial charge on any atom is 0.220 e. The van der Waals surface area contributed by atoms with Crippen LogP contribution in [-0.4, -0.2) is 11.7 Å². The fourth-order valence-electron chi connectivity index (χ4n) is 1.14. The molecular weight excluding hydrogens is 211 g/mol. The first-order chi connectivity index (χ1) is 7.27. The number of unbranched alkanes of at least 4 members (excludes halogenated alkanes) is 1. The highest BCUT2D eigenvalue weighted by atomic mass is 31.1. The van der Waals surface area contributed by atoms with E-state index >= 15 is 0 Å². The zero-order valence-electron chi connectivity index (χ0n) is 8.90. The molecule has 1 atom stereocenters. The zero-order chi connectivity index (χ0) is 11.1. The normalized spacial score (nSPS) is 12.7. The molecule has 1 unspecified atom stereocenters. The van der Waals surface area contributed by atoms with Crippen LogP contribution in [0.2, 0.25) is 0 Å². The van der Waals surface area contributed by atoms with Crippen molar-refractivity contribution in [3.63, 3.8) is 0 Å². The summed E-state index contributed by atoms with van der Waals surface area (Å²) in [5.74, 6) is 0. The van der Waals surface area contributed by atoms with Crippen LogP contribution in [0, 0.1) is 0 Å². The smallest absolute Gasteiger partial charge is 0.220 e. The molecule has 0 amide bonds. The van der Waals surface area contributed by atoms with Gasteiger partial charge in [-0.1, -0.05) is 25.5 Å². The second-order valence-corrected chi connectivity index (χ2v) is 4.79. The highest BCUT2D eigenvalue weighted by Gasteiger charge is 2.02. The summed E-state index contributed by atoms with van der Waals surface area (Å²) in [6, 6.07) is 7.03. The molecule has 0 spiro atoms. The summed E-state index contributed by atoms with van der Waals surface area (Å²) in [5.41, 5.74) is 0.821. The third-order valence-corrected chi connectivity index (χ3v) is 3.37. The molecule has 0 aliphatic heterocycles. The van der Waals surface area contributed by atoms with Crippen LogP contribution < -0.4 is 5.30 Å². The van der Waals surface area contributed by atoms with Gasteiger partial charge in [0.15, 0.2) is 0 Å². The number of hydrogen-bond acceptors (Lipinski definition) is 3. The monoisotopic (exact) mass is 228 g/mol. The minimum Gasteiger partial charge on any atom is -0.392 e. The Morgan fingerprint density at radius 1 is 1.33 bits per heavy atom. The predicted molar refractivity (Wildman–Crippen MR) is 61.9 cm³/mol. The summed E-state index contributed by atoms with van der Waals surface area (Å²) in [6.07, 6.45) is 1.98. The second kappa shape index (κ2) is 6.78. The van der Waals surface area contributed by atoms with Crippen molar-refractivity contribution in [1.29, 1.82) is 0 Å². The van der Waals surface area contributed by atoms with E-state index in [1.54, 1.807) is 24.3 Å². The van der Waals surface area contributed by atoms with E-state index in [2.05, 4.69) is 6.92 Å². The van der Waals surface area contributed by atoms with Gasteiger partial charge >= 0.3 is 0 Å². The summed E-state index contributed by atoms with van der Waals surface area (Å²) >= 11 is 0. The molecule has 0 aromatic heterocycles. The predicted octanol–water partition coefficient (Wildman–Crippen LogP) is 2.10. The summed E-state index contributed by atoms with van der Waals surface area (Å²) < 4.78 is 16.8. The largest absolute Gasteiger partial charge is 0.392 e. The van der Waals surface area contributed by atoms with Crippen LogP contribution in [0.3, 0.4) is 0 Å². The quantitative estimate of drug-likeness (QED) is 0.599. The average Bonchev–Trinajstić information content (AvgIpc) is 2.29. The van der Waals surface area contributed by atoms with Crippen LogP contribution in [0.1, 0.15) is 25.3 Å². The van der Waals surface area contributed by atoms with Gasteiger partial charge < -0.3 is 9.63 Å². The van der Waals surface area contributed by atoms with Gasteiger partial charge in [-0.05, 0) is 24.1 Å². The van der Waals surface area contributed by atoms with Crippen LogP contribution >= 0.6 is 8.03 Å². The van der Waals surface area contributed by atoms with Gasteiger partial charge in [-0.15, -0.1) is 0 Å². The molecule has 0 bridgehead atoms. The molecule has 0 saturated heterocycles. The minimum atomic E-state index is -2.10. The minimum absolute atomic E-state index is 0.0118. The van der Waals surface area contributed by atoms with E-state index in [0.717, 1.165) is 18.4 Å². The maximum atomic E-state index is 11.6. The van der Waals surface area contributed by atoms with Gasteiger partial charge in [-0.3, -0.25) is 4.57 Å². The molecule has 0 aliphatic rings. The summed E-state index contributed by atoms with van der Waals surface area (Å²) in [6.45, 7) is 2.63. The van der Waals surface area contributed by atoms with E-state index in [0.29, 0.717) is 11.9 Å².